The first-order chi connectivity index (χ1) is 11.8. The van der Waals surface area contributed by atoms with Crippen molar-refractivity contribution in [1.82, 2.24) is 15.5 Å². The smallest absolute Gasteiger partial charge is 0.191 e. The SMILES string of the molecule is CN=C(NCCc1cccs1)NCCN1CCc2ccccc2C1. The number of fused-ring (bicyclic) bond motifs is 1. The van der Waals surface area contributed by atoms with E-state index in [1.54, 1.807) is 11.3 Å². The highest BCUT2D eigenvalue weighted by Crippen LogP contribution is 2.17. The summed E-state index contributed by atoms with van der Waals surface area (Å²) < 4.78 is 0. The number of nitrogens with one attached hydrogen (secondary N) is 2. The minimum atomic E-state index is 0.893. The van der Waals surface area contributed by atoms with Crippen LogP contribution < -0.4 is 10.6 Å². The Hall–Kier alpha value is -1.85. The fraction of sp³-hybridized carbons (Fsp3) is 0.421. The largest absolute Gasteiger partial charge is 0.356 e. The Morgan fingerprint density at radius 3 is 2.75 bits per heavy atom. The van der Waals surface area contributed by atoms with Crippen molar-refractivity contribution in [2.75, 3.05) is 33.2 Å². The van der Waals surface area contributed by atoms with Gasteiger partial charge in [-0.1, -0.05) is 30.3 Å². The second kappa shape index (κ2) is 8.85. The molecule has 128 valence electrons. The lowest BCUT2D eigenvalue weighted by atomic mass is 10.00. The highest BCUT2D eigenvalue weighted by Gasteiger charge is 2.14. The molecule has 0 saturated carbocycles. The van der Waals surface area contributed by atoms with Crippen molar-refractivity contribution in [3.05, 3.63) is 57.8 Å². The average Bonchev–Trinajstić information content (AvgIpc) is 3.13. The molecule has 0 aliphatic carbocycles. The quantitative estimate of drug-likeness (QED) is 0.626. The Morgan fingerprint density at radius 1 is 1.12 bits per heavy atom. The van der Waals surface area contributed by atoms with Crippen LogP contribution in [0, 0.1) is 0 Å². The van der Waals surface area contributed by atoms with Gasteiger partial charge in [-0.2, -0.15) is 0 Å². The molecule has 3 rings (SSSR count). The molecule has 0 spiro atoms. The van der Waals surface area contributed by atoms with Crippen molar-refractivity contribution in [3.63, 3.8) is 0 Å². The summed E-state index contributed by atoms with van der Waals surface area (Å²) in [5.41, 5.74) is 2.98. The second-order valence-corrected chi connectivity index (χ2v) is 7.08. The normalized spacial score (nSPS) is 15.1. The van der Waals surface area contributed by atoms with Crippen molar-refractivity contribution in [1.29, 1.82) is 0 Å². The van der Waals surface area contributed by atoms with Crippen molar-refractivity contribution in [2.24, 2.45) is 4.99 Å². The first-order valence-electron chi connectivity index (χ1n) is 8.61. The topological polar surface area (TPSA) is 39.7 Å². The molecule has 2 heterocycles. The molecule has 1 aliphatic heterocycles. The molecule has 2 aromatic rings. The molecule has 0 atom stereocenters. The molecule has 1 aromatic heterocycles. The van der Waals surface area contributed by atoms with Gasteiger partial charge in [0.05, 0.1) is 0 Å². The van der Waals surface area contributed by atoms with E-state index < -0.39 is 0 Å². The molecule has 0 fully saturated rings. The van der Waals surface area contributed by atoms with Gasteiger partial charge in [0, 0.05) is 44.6 Å². The van der Waals surface area contributed by atoms with Crippen LogP contribution in [0.25, 0.3) is 0 Å². The molecule has 0 radical (unpaired) electrons. The highest BCUT2D eigenvalue weighted by molar-refractivity contribution is 7.09. The molecule has 0 amide bonds. The summed E-state index contributed by atoms with van der Waals surface area (Å²) in [4.78, 5) is 8.22. The second-order valence-electron chi connectivity index (χ2n) is 6.05. The third-order valence-corrected chi connectivity index (χ3v) is 5.33. The Labute approximate surface area is 148 Å². The Balaban J connectivity index is 1.36. The van der Waals surface area contributed by atoms with E-state index in [1.807, 2.05) is 7.05 Å². The summed E-state index contributed by atoms with van der Waals surface area (Å²) in [6.45, 7) is 5.07. The van der Waals surface area contributed by atoms with Gasteiger partial charge >= 0.3 is 0 Å². The third kappa shape index (κ3) is 4.82. The number of hydrogen-bond acceptors (Lipinski definition) is 3. The van der Waals surface area contributed by atoms with Gasteiger partial charge in [-0.15, -0.1) is 11.3 Å². The van der Waals surface area contributed by atoms with Gasteiger partial charge < -0.3 is 10.6 Å². The van der Waals surface area contributed by atoms with Crippen molar-refractivity contribution < 1.29 is 0 Å². The van der Waals surface area contributed by atoms with E-state index in [2.05, 4.69) is 62.3 Å². The lowest BCUT2D eigenvalue weighted by Gasteiger charge is -2.28. The number of aliphatic imine (C=N–C) groups is 1. The zero-order valence-electron chi connectivity index (χ0n) is 14.3. The van der Waals surface area contributed by atoms with E-state index in [4.69, 9.17) is 0 Å². The lowest BCUT2D eigenvalue weighted by Crippen LogP contribution is -2.43. The number of hydrogen-bond donors (Lipinski definition) is 2. The van der Waals surface area contributed by atoms with Gasteiger partial charge in [0.25, 0.3) is 0 Å². The molecule has 0 saturated heterocycles. The van der Waals surface area contributed by atoms with E-state index >= 15 is 0 Å². The van der Waals surface area contributed by atoms with Crippen LogP contribution in [0.4, 0.5) is 0 Å². The highest BCUT2D eigenvalue weighted by atomic mass is 32.1. The Kier molecular flexibility index (Phi) is 6.26. The zero-order chi connectivity index (χ0) is 16.6. The zero-order valence-corrected chi connectivity index (χ0v) is 15.1. The Bertz CT molecular complexity index is 651. The van der Waals surface area contributed by atoms with Gasteiger partial charge in [-0.25, -0.2) is 0 Å². The minimum absolute atomic E-state index is 0.893. The van der Waals surface area contributed by atoms with Crippen molar-refractivity contribution in [2.45, 2.75) is 19.4 Å². The fourth-order valence-corrected chi connectivity index (χ4v) is 3.77. The summed E-state index contributed by atoms with van der Waals surface area (Å²) >= 11 is 1.81. The van der Waals surface area contributed by atoms with E-state index in [0.29, 0.717) is 0 Å². The van der Waals surface area contributed by atoms with Gasteiger partial charge in [0.2, 0.25) is 0 Å². The molecule has 4 nitrogen and oxygen atoms in total. The van der Waals surface area contributed by atoms with Crippen LogP contribution in [0.1, 0.15) is 16.0 Å². The summed E-state index contributed by atoms with van der Waals surface area (Å²) in [6, 6.07) is 13.1. The van der Waals surface area contributed by atoms with Crippen LogP contribution in [-0.2, 0) is 19.4 Å². The summed E-state index contributed by atoms with van der Waals surface area (Å²) in [7, 11) is 1.83. The van der Waals surface area contributed by atoms with E-state index in [0.717, 1.165) is 51.5 Å². The van der Waals surface area contributed by atoms with Crippen LogP contribution in [0.15, 0.2) is 46.8 Å². The van der Waals surface area contributed by atoms with Crippen LogP contribution in [-0.4, -0.2) is 44.1 Å². The van der Waals surface area contributed by atoms with Crippen LogP contribution >= 0.6 is 11.3 Å². The van der Waals surface area contributed by atoms with Gasteiger partial charge in [0.15, 0.2) is 5.96 Å². The summed E-state index contributed by atoms with van der Waals surface area (Å²) in [5, 5.41) is 8.93. The number of nitrogens with zero attached hydrogens (tertiary/aromatic N) is 2. The minimum Gasteiger partial charge on any atom is -0.356 e. The fourth-order valence-electron chi connectivity index (χ4n) is 3.06. The van der Waals surface area contributed by atoms with Gasteiger partial charge in [0.1, 0.15) is 0 Å². The maximum Gasteiger partial charge on any atom is 0.191 e. The lowest BCUT2D eigenvalue weighted by molar-refractivity contribution is 0.258. The van der Waals surface area contributed by atoms with Crippen molar-refractivity contribution >= 4 is 17.3 Å². The molecule has 1 aromatic carbocycles. The maximum atomic E-state index is 4.30. The maximum absolute atomic E-state index is 4.30. The van der Waals surface area contributed by atoms with E-state index in [-0.39, 0.29) is 0 Å². The number of thiophene rings is 1. The number of rotatable bonds is 6. The molecular formula is C19H26N4S. The molecule has 2 N–H and O–H groups in total. The van der Waals surface area contributed by atoms with Crippen LogP contribution in [0.2, 0.25) is 0 Å². The number of guanidine groups is 1. The Morgan fingerprint density at radius 2 is 1.96 bits per heavy atom. The average molecular weight is 343 g/mol. The van der Waals surface area contributed by atoms with Gasteiger partial charge in [-0.3, -0.25) is 9.89 Å². The monoisotopic (exact) mass is 342 g/mol. The first kappa shape index (κ1) is 17.0. The van der Waals surface area contributed by atoms with Crippen molar-refractivity contribution in [3.8, 4) is 0 Å². The molecule has 0 bridgehead atoms. The summed E-state index contributed by atoms with van der Waals surface area (Å²) in [6.07, 6.45) is 2.20. The molecule has 1 aliphatic rings. The standard InChI is InChI=1S/C19H26N4S/c1-20-19(21-10-8-18-7-4-14-24-18)22-11-13-23-12-9-16-5-2-3-6-17(16)15-23/h2-7,14H,8-13,15H2,1H3,(H2,20,21,22). The first-order valence-corrected chi connectivity index (χ1v) is 9.49. The molecule has 24 heavy (non-hydrogen) atoms. The molecule has 5 heteroatoms. The van der Waals surface area contributed by atoms with Gasteiger partial charge in [-0.05, 0) is 35.4 Å². The van der Waals surface area contributed by atoms with E-state index in [1.165, 1.54) is 16.0 Å². The molecule has 0 unspecified atom stereocenters. The van der Waals surface area contributed by atoms with Crippen LogP contribution in [0.3, 0.4) is 0 Å². The van der Waals surface area contributed by atoms with E-state index in [9.17, 15) is 0 Å². The van der Waals surface area contributed by atoms with Crippen LogP contribution in [0.5, 0.6) is 0 Å². The predicted molar refractivity (Wildman–Crippen MR) is 103 cm³/mol. The molecular weight excluding hydrogens is 316 g/mol. The summed E-state index contributed by atoms with van der Waals surface area (Å²) in [5.74, 6) is 0.893. The third-order valence-electron chi connectivity index (χ3n) is 4.40. The number of benzene rings is 1. The predicted octanol–water partition coefficient (Wildman–Crippen LogP) is 2.51.